The quantitative estimate of drug-likeness (QED) is 0.402. The summed E-state index contributed by atoms with van der Waals surface area (Å²) in [6.07, 6.45) is 4.19. The first kappa shape index (κ1) is 22.0. The van der Waals surface area contributed by atoms with Gasteiger partial charge in [-0.3, -0.25) is 9.36 Å². The van der Waals surface area contributed by atoms with Crippen LogP contribution in [0.25, 0.3) is 11.1 Å². The second-order valence-corrected chi connectivity index (χ2v) is 10.2. The number of halogens is 1. The molecule has 0 spiro atoms. The van der Waals surface area contributed by atoms with Crippen LogP contribution in [0.5, 0.6) is 0 Å². The van der Waals surface area contributed by atoms with Gasteiger partial charge in [-0.05, 0) is 25.1 Å². The number of aromatic nitrogens is 2. The lowest BCUT2D eigenvalue weighted by Crippen LogP contribution is -2.38. The first-order valence-electron chi connectivity index (χ1n) is 10.7. The molecule has 0 amide bonds. The summed E-state index contributed by atoms with van der Waals surface area (Å²) in [5, 5.41) is 1.63. The van der Waals surface area contributed by atoms with Crippen LogP contribution in [0.3, 0.4) is 0 Å². The van der Waals surface area contributed by atoms with Crippen LogP contribution in [0, 0.1) is 0 Å². The zero-order valence-electron chi connectivity index (χ0n) is 18.4. The topological polar surface area (TPSA) is 29.1 Å². The Kier molecular flexibility index (Phi) is 6.15. The maximum atomic E-state index is 13.4. The molecule has 0 unspecified atom stereocenters. The number of anilines is 1. The van der Waals surface area contributed by atoms with Crippen molar-refractivity contribution in [2.75, 3.05) is 11.9 Å². The van der Waals surface area contributed by atoms with Crippen molar-refractivity contribution in [3.05, 3.63) is 109 Å². The minimum absolute atomic E-state index is 0.0394. The molecule has 0 radical (unpaired) electrons. The van der Waals surface area contributed by atoms with Crippen LogP contribution >= 0.6 is 34.7 Å². The largest absolute Gasteiger partial charge is 0.336 e. The fourth-order valence-electron chi connectivity index (χ4n) is 4.02. The molecule has 1 aliphatic heterocycles. The number of hydrogen-bond acceptors (Lipinski definition) is 4. The average molecular weight is 493 g/mol. The number of rotatable bonds is 4. The fraction of sp³-hybridized carbons (Fsp3) is 0.154. The average Bonchev–Trinajstić information content (AvgIpc) is 3.32. The van der Waals surface area contributed by atoms with Gasteiger partial charge in [0.2, 0.25) is 5.69 Å². The number of para-hydroxylation sites is 1. The van der Waals surface area contributed by atoms with Crippen LogP contribution in [0.4, 0.5) is 5.69 Å². The minimum Gasteiger partial charge on any atom is -0.336 e. The van der Waals surface area contributed by atoms with Gasteiger partial charge in [0.15, 0.2) is 12.7 Å². The van der Waals surface area contributed by atoms with E-state index in [1.165, 1.54) is 16.9 Å². The molecule has 0 saturated carbocycles. The van der Waals surface area contributed by atoms with Gasteiger partial charge in [-0.2, -0.15) is 4.57 Å². The Hall–Kier alpha value is -2.80. The molecule has 0 atom stereocenters. The molecule has 0 saturated heterocycles. The Balaban J connectivity index is 1.64. The lowest BCUT2D eigenvalue weighted by Gasteiger charge is -2.13. The van der Waals surface area contributed by atoms with E-state index in [-0.39, 0.29) is 5.56 Å². The highest BCUT2D eigenvalue weighted by Gasteiger charge is 2.26. The minimum atomic E-state index is 0.0394. The molecule has 5 rings (SSSR count). The normalized spacial score (nSPS) is 15.2. The summed E-state index contributed by atoms with van der Waals surface area (Å²) < 4.78 is 5.74. The van der Waals surface area contributed by atoms with Gasteiger partial charge in [0.05, 0.1) is 10.7 Å². The van der Waals surface area contributed by atoms with E-state index >= 15 is 0 Å². The Bertz CT molecular complexity index is 1510. The third kappa shape index (κ3) is 4.14. The molecular formula is C26H23ClN3OS2+. The second-order valence-electron chi connectivity index (χ2n) is 7.75. The van der Waals surface area contributed by atoms with Gasteiger partial charge in [0, 0.05) is 42.3 Å². The summed E-state index contributed by atoms with van der Waals surface area (Å²) in [5.74, 6) is 0. The number of pyridine rings is 1. The van der Waals surface area contributed by atoms with Crippen LogP contribution in [0.15, 0.2) is 82.6 Å². The number of hydrogen-bond donors (Lipinski definition) is 0. The van der Waals surface area contributed by atoms with Gasteiger partial charge in [-0.1, -0.05) is 59.8 Å². The lowest BCUT2D eigenvalue weighted by molar-refractivity contribution is -0.690. The molecular weight excluding hydrogens is 470 g/mol. The van der Waals surface area contributed by atoms with E-state index in [9.17, 15) is 4.79 Å². The highest BCUT2D eigenvalue weighted by atomic mass is 35.5. The van der Waals surface area contributed by atoms with Crippen molar-refractivity contribution in [3.8, 4) is 0 Å². The van der Waals surface area contributed by atoms with Gasteiger partial charge in [0.25, 0.3) is 5.56 Å². The fourth-order valence-corrected chi connectivity index (χ4v) is 6.86. The van der Waals surface area contributed by atoms with Crippen molar-refractivity contribution < 1.29 is 4.57 Å². The van der Waals surface area contributed by atoms with Gasteiger partial charge >= 0.3 is 0 Å². The third-order valence-corrected chi connectivity index (χ3v) is 8.44. The van der Waals surface area contributed by atoms with Crippen molar-refractivity contribution in [3.63, 3.8) is 0 Å². The molecule has 1 aliphatic rings. The second kappa shape index (κ2) is 9.21. The predicted molar refractivity (Wildman–Crippen MR) is 138 cm³/mol. The van der Waals surface area contributed by atoms with E-state index in [4.69, 9.17) is 11.6 Å². The molecule has 0 aliphatic carbocycles. The molecule has 0 N–H and O–H groups in total. The zero-order chi connectivity index (χ0) is 22.9. The van der Waals surface area contributed by atoms with Gasteiger partial charge in [-0.25, -0.2) is 0 Å². The monoisotopic (exact) mass is 492 g/mol. The maximum Gasteiger partial charge on any atom is 0.271 e. The summed E-state index contributed by atoms with van der Waals surface area (Å²) in [7, 11) is 1.98. The number of nitrogens with zero attached hydrogens (tertiary/aromatic N) is 3. The molecule has 0 fully saturated rings. The van der Waals surface area contributed by atoms with Crippen LogP contribution in [-0.2, 0) is 13.1 Å². The number of thiazole rings is 1. The third-order valence-electron chi connectivity index (χ3n) is 5.66. The molecule has 166 valence electrons. The highest BCUT2D eigenvalue weighted by molar-refractivity contribution is 8.08. The van der Waals surface area contributed by atoms with E-state index in [1.807, 2.05) is 59.8 Å². The number of benzene rings is 2. The van der Waals surface area contributed by atoms with Crippen molar-refractivity contribution in [2.24, 2.45) is 0 Å². The van der Waals surface area contributed by atoms with Crippen molar-refractivity contribution in [1.29, 1.82) is 0 Å². The molecule has 33 heavy (non-hydrogen) atoms. The standard InChI is InChI=1S/C26H23ClN3OS2/c1-3-30-22(16-19-12-7-8-15-29(19)17-18-10-5-4-6-11-18)33-24(25(30)31)26-28(2)23-20(27)13-9-14-21(23)32-26/h4-16H,3,17H2,1-2H3/q+1. The zero-order valence-corrected chi connectivity index (χ0v) is 20.8. The molecule has 2 aromatic carbocycles. The van der Waals surface area contributed by atoms with Crippen molar-refractivity contribution in [1.82, 2.24) is 4.57 Å². The predicted octanol–water partition coefficient (Wildman–Crippen LogP) is 4.06. The smallest absolute Gasteiger partial charge is 0.271 e. The molecule has 4 nitrogen and oxygen atoms in total. The molecule has 3 heterocycles. The maximum absolute atomic E-state index is 13.4. The van der Waals surface area contributed by atoms with Crippen LogP contribution < -0.4 is 24.2 Å². The van der Waals surface area contributed by atoms with Gasteiger partial charge in [0.1, 0.15) is 14.2 Å². The van der Waals surface area contributed by atoms with E-state index < -0.39 is 0 Å². The van der Waals surface area contributed by atoms with E-state index in [2.05, 4.69) is 47.2 Å². The molecule has 0 bridgehead atoms. The summed E-state index contributed by atoms with van der Waals surface area (Å²) in [5.41, 5.74) is 3.29. The summed E-state index contributed by atoms with van der Waals surface area (Å²) >= 11 is 9.60. The van der Waals surface area contributed by atoms with Crippen LogP contribution in [-0.4, -0.2) is 11.6 Å². The molecule has 7 heteroatoms. The number of thioether (sulfide) groups is 1. The Morgan fingerprint density at radius 1 is 1.03 bits per heavy atom. The van der Waals surface area contributed by atoms with E-state index in [0.29, 0.717) is 11.6 Å². The highest BCUT2D eigenvalue weighted by Crippen LogP contribution is 2.48. The Morgan fingerprint density at radius 2 is 1.82 bits per heavy atom. The number of fused-ring (bicyclic) bond motifs is 1. The van der Waals surface area contributed by atoms with Crippen molar-refractivity contribution >= 4 is 51.5 Å². The van der Waals surface area contributed by atoms with E-state index in [0.717, 1.165) is 37.0 Å². The summed E-state index contributed by atoms with van der Waals surface area (Å²) in [6.45, 7) is 3.40. The first-order chi connectivity index (χ1) is 16.1. The molecule has 2 aromatic heterocycles. The van der Waals surface area contributed by atoms with Crippen LogP contribution in [0.2, 0.25) is 5.02 Å². The molecule has 4 aromatic rings. The first-order valence-corrected chi connectivity index (χ1v) is 12.8. The van der Waals surface area contributed by atoms with Crippen molar-refractivity contribution in [2.45, 2.75) is 24.9 Å². The summed E-state index contributed by atoms with van der Waals surface area (Å²) in [6, 6.07) is 22.4. The van der Waals surface area contributed by atoms with Gasteiger partial charge < -0.3 is 4.90 Å². The Morgan fingerprint density at radius 3 is 2.58 bits per heavy atom. The van der Waals surface area contributed by atoms with Gasteiger partial charge in [-0.15, -0.1) is 11.3 Å². The van der Waals surface area contributed by atoms with Crippen LogP contribution in [0.1, 0.15) is 18.2 Å². The summed E-state index contributed by atoms with van der Waals surface area (Å²) in [4.78, 5) is 16.5. The Labute approximate surface area is 205 Å². The van der Waals surface area contributed by atoms with E-state index in [1.54, 1.807) is 11.8 Å². The lowest BCUT2D eigenvalue weighted by atomic mass is 10.2. The SMILES string of the molecule is CCn1c(=Cc2cccc[n+]2Cc2ccccc2)sc(=C2Sc3cccc(Cl)c3N2C)c1=O.